The number of nitrogens with zero attached hydrogens (tertiary/aromatic N) is 2. The van der Waals surface area contributed by atoms with Crippen molar-refractivity contribution in [1.82, 2.24) is 9.80 Å². The van der Waals surface area contributed by atoms with Crippen molar-refractivity contribution in [2.24, 2.45) is 0 Å². The smallest absolute Gasteiger partial charge is 0.320 e. The van der Waals surface area contributed by atoms with Crippen LogP contribution < -0.4 is 0 Å². The van der Waals surface area contributed by atoms with Gasteiger partial charge in [0.2, 0.25) is 5.91 Å². The van der Waals surface area contributed by atoms with Gasteiger partial charge in [0.15, 0.2) is 0 Å². The minimum absolute atomic E-state index is 0.0933. The molecule has 0 aromatic heterocycles. The zero-order valence-electron chi connectivity index (χ0n) is 12.0. The fourth-order valence-corrected chi connectivity index (χ4v) is 2.89. The molecule has 1 saturated heterocycles. The van der Waals surface area contributed by atoms with E-state index in [1.807, 2.05) is 34.1 Å². The number of halogens is 1. The number of carboxylic acid groups (broad SMARTS) is 1. The first-order valence-electron chi connectivity index (χ1n) is 6.96. The van der Waals surface area contributed by atoms with Gasteiger partial charge in [-0.1, -0.05) is 28.1 Å². The molecular formula is C15H19BrN2O3. The lowest BCUT2D eigenvalue weighted by Crippen LogP contribution is -2.53. The summed E-state index contributed by atoms with van der Waals surface area (Å²) in [6, 6.07) is 7.23. The summed E-state index contributed by atoms with van der Waals surface area (Å²) < 4.78 is 0.966. The van der Waals surface area contributed by atoms with Crippen LogP contribution in [0, 0.1) is 0 Å². The fraction of sp³-hybridized carbons (Fsp3) is 0.467. The van der Waals surface area contributed by atoms with E-state index in [1.54, 1.807) is 6.92 Å². The Morgan fingerprint density at radius 1 is 1.29 bits per heavy atom. The highest BCUT2D eigenvalue weighted by Crippen LogP contribution is 2.14. The third kappa shape index (κ3) is 4.28. The van der Waals surface area contributed by atoms with Crippen molar-refractivity contribution in [3.05, 3.63) is 34.3 Å². The Balaban J connectivity index is 1.87. The SMILES string of the molecule is CC(C(=O)O)N1CCN(C(=O)Cc2cccc(Br)c2)CC1. The zero-order valence-corrected chi connectivity index (χ0v) is 13.5. The Kier molecular flexibility index (Phi) is 5.36. The van der Waals surface area contributed by atoms with Crippen molar-refractivity contribution >= 4 is 27.8 Å². The number of hydrogen-bond acceptors (Lipinski definition) is 3. The molecule has 1 aliphatic heterocycles. The molecule has 0 saturated carbocycles. The second-order valence-electron chi connectivity index (χ2n) is 5.24. The molecule has 1 fully saturated rings. The normalized spacial score (nSPS) is 17.5. The largest absolute Gasteiger partial charge is 0.480 e. The zero-order chi connectivity index (χ0) is 15.4. The van der Waals surface area contributed by atoms with E-state index in [0.29, 0.717) is 32.6 Å². The van der Waals surface area contributed by atoms with Gasteiger partial charge >= 0.3 is 5.97 Å². The Labute approximate surface area is 132 Å². The highest BCUT2D eigenvalue weighted by molar-refractivity contribution is 9.10. The molecule has 1 N–H and O–H groups in total. The molecule has 6 heteroatoms. The highest BCUT2D eigenvalue weighted by Gasteiger charge is 2.27. The summed E-state index contributed by atoms with van der Waals surface area (Å²) in [6.07, 6.45) is 0.383. The van der Waals surface area contributed by atoms with Crippen molar-refractivity contribution in [1.29, 1.82) is 0 Å². The number of carbonyl (C=O) groups excluding carboxylic acids is 1. The van der Waals surface area contributed by atoms with Crippen LogP contribution in [0.3, 0.4) is 0 Å². The Morgan fingerprint density at radius 3 is 2.52 bits per heavy atom. The summed E-state index contributed by atoms with van der Waals surface area (Å²) in [5.41, 5.74) is 0.982. The van der Waals surface area contributed by atoms with Crippen LogP contribution in [0.5, 0.6) is 0 Å². The molecule has 1 aromatic carbocycles. The van der Waals surface area contributed by atoms with Gasteiger partial charge in [0.1, 0.15) is 6.04 Å². The van der Waals surface area contributed by atoms with Crippen molar-refractivity contribution in [2.45, 2.75) is 19.4 Å². The van der Waals surface area contributed by atoms with Crippen molar-refractivity contribution < 1.29 is 14.7 Å². The maximum absolute atomic E-state index is 12.3. The quantitative estimate of drug-likeness (QED) is 0.892. The van der Waals surface area contributed by atoms with E-state index in [0.717, 1.165) is 10.0 Å². The lowest BCUT2D eigenvalue weighted by Gasteiger charge is -2.36. The molecule has 5 nitrogen and oxygen atoms in total. The van der Waals surface area contributed by atoms with E-state index in [9.17, 15) is 9.59 Å². The monoisotopic (exact) mass is 354 g/mol. The first kappa shape index (κ1) is 16.0. The summed E-state index contributed by atoms with van der Waals surface area (Å²) in [5.74, 6) is -0.723. The van der Waals surface area contributed by atoms with Gasteiger partial charge in [-0.15, -0.1) is 0 Å². The predicted octanol–water partition coefficient (Wildman–Crippen LogP) is 1.61. The summed E-state index contributed by atoms with van der Waals surface area (Å²) in [7, 11) is 0. The highest BCUT2D eigenvalue weighted by atomic mass is 79.9. The van der Waals surface area contributed by atoms with Crippen LogP contribution in [-0.4, -0.2) is 59.0 Å². The Bertz CT molecular complexity index is 527. The van der Waals surface area contributed by atoms with Gasteiger partial charge in [-0.05, 0) is 24.6 Å². The molecule has 2 rings (SSSR count). The van der Waals surface area contributed by atoms with Gasteiger partial charge in [0.25, 0.3) is 0 Å². The van der Waals surface area contributed by atoms with Crippen molar-refractivity contribution in [2.75, 3.05) is 26.2 Å². The molecule has 0 bridgehead atoms. The summed E-state index contributed by atoms with van der Waals surface area (Å²) in [4.78, 5) is 26.9. The van der Waals surface area contributed by atoms with E-state index < -0.39 is 12.0 Å². The number of benzene rings is 1. The van der Waals surface area contributed by atoms with E-state index in [2.05, 4.69) is 15.9 Å². The van der Waals surface area contributed by atoms with Crippen LogP contribution >= 0.6 is 15.9 Å². The first-order valence-corrected chi connectivity index (χ1v) is 7.76. The number of hydrogen-bond donors (Lipinski definition) is 1. The van der Waals surface area contributed by atoms with Gasteiger partial charge in [-0.3, -0.25) is 14.5 Å². The minimum Gasteiger partial charge on any atom is -0.480 e. The molecule has 0 radical (unpaired) electrons. The number of carboxylic acids is 1. The average molecular weight is 355 g/mol. The number of aliphatic carboxylic acids is 1. The number of carbonyl (C=O) groups is 2. The number of amides is 1. The molecule has 1 heterocycles. The first-order chi connectivity index (χ1) is 9.97. The third-order valence-corrected chi connectivity index (χ3v) is 4.31. The molecule has 114 valence electrons. The second kappa shape index (κ2) is 7.04. The van der Waals surface area contributed by atoms with E-state index >= 15 is 0 Å². The number of rotatable bonds is 4. The summed E-state index contributed by atoms with van der Waals surface area (Å²) >= 11 is 3.40. The lowest BCUT2D eigenvalue weighted by molar-refractivity contribution is -0.144. The summed E-state index contributed by atoms with van der Waals surface area (Å²) in [5, 5.41) is 9.00. The molecule has 1 aliphatic rings. The molecule has 0 spiro atoms. The van der Waals surface area contributed by atoms with Gasteiger partial charge in [-0.25, -0.2) is 0 Å². The second-order valence-corrected chi connectivity index (χ2v) is 6.15. The van der Waals surface area contributed by atoms with Crippen LogP contribution in [0.1, 0.15) is 12.5 Å². The molecule has 1 unspecified atom stereocenters. The number of piperazine rings is 1. The van der Waals surface area contributed by atoms with Gasteiger partial charge in [0, 0.05) is 30.7 Å². The predicted molar refractivity (Wildman–Crippen MR) is 83.1 cm³/mol. The summed E-state index contributed by atoms with van der Waals surface area (Å²) in [6.45, 7) is 4.08. The van der Waals surface area contributed by atoms with E-state index in [-0.39, 0.29) is 5.91 Å². The van der Waals surface area contributed by atoms with Crippen LogP contribution in [0.4, 0.5) is 0 Å². The van der Waals surface area contributed by atoms with E-state index in [4.69, 9.17) is 5.11 Å². The topological polar surface area (TPSA) is 60.9 Å². The minimum atomic E-state index is -0.816. The van der Waals surface area contributed by atoms with Crippen LogP contribution in [0.25, 0.3) is 0 Å². The van der Waals surface area contributed by atoms with E-state index in [1.165, 1.54) is 0 Å². The van der Waals surface area contributed by atoms with Crippen LogP contribution in [0.2, 0.25) is 0 Å². The lowest BCUT2D eigenvalue weighted by atomic mass is 10.1. The maximum Gasteiger partial charge on any atom is 0.320 e. The molecule has 1 aromatic rings. The molecule has 1 amide bonds. The Hall–Kier alpha value is -1.40. The molecule has 0 aliphatic carbocycles. The van der Waals surface area contributed by atoms with Crippen LogP contribution in [-0.2, 0) is 16.0 Å². The van der Waals surface area contributed by atoms with Gasteiger partial charge < -0.3 is 10.0 Å². The fourth-order valence-electron chi connectivity index (χ4n) is 2.45. The average Bonchev–Trinajstić information content (AvgIpc) is 2.46. The van der Waals surface area contributed by atoms with Gasteiger partial charge in [-0.2, -0.15) is 0 Å². The maximum atomic E-state index is 12.3. The molecule has 21 heavy (non-hydrogen) atoms. The van der Waals surface area contributed by atoms with Gasteiger partial charge in [0.05, 0.1) is 6.42 Å². The molecule has 1 atom stereocenters. The van der Waals surface area contributed by atoms with Crippen molar-refractivity contribution in [3.63, 3.8) is 0 Å². The van der Waals surface area contributed by atoms with Crippen LogP contribution in [0.15, 0.2) is 28.7 Å². The third-order valence-electron chi connectivity index (χ3n) is 3.82. The standard InChI is InChI=1S/C15H19BrN2O3/c1-11(15(20)21)17-5-7-18(8-6-17)14(19)10-12-3-2-4-13(16)9-12/h2-4,9,11H,5-8,10H2,1H3,(H,20,21). The van der Waals surface area contributed by atoms with Crippen molar-refractivity contribution in [3.8, 4) is 0 Å². The molecular weight excluding hydrogens is 336 g/mol. The Morgan fingerprint density at radius 2 is 1.95 bits per heavy atom.